The summed E-state index contributed by atoms with van der Waals surface area (Å²) in [5.74, 6) is -1.24. The van der Waals surface area contributed by atoms with Gasteiger partial charge in [-0.15, -0.1) is 0 Å². The zero-order valence-corrected chi connectivity index (χ0v) is 28.4. The van der Waals surface area contributed by atoms with E-state index in [4.69, 9.17) is 28.7 Å². The molecule has 2 aromatic rings. The van der Waals surface area contributed by atoms with Gasteiger partial charge in [0.05, 0.1) is 43.8 Å². The Bertz CT molecular complexity index is 1520. The third kappa shape index (κ3) is 4.99. The molecule has 7 atom stereocenters. The molecule has 0 bridgehead atoms. The van der Waals surface area contributed by atoms with E-state index in [2.05, 4.69) is 48.4 Å². The van der Waals surface area contributed by atoms with Crippen molar-refractivity contribution in [2.75, 3.05) is 47.1 Å². The fourth-order valence-corrected chi connectivity index (χ4v) is 9.13. The molecular formula is C36H51N3O7. The van der Waals surface area contributed by atoms with Gasteiger partial charge in [0, 0.05) is 60.2 Å². The Labute approximate surface area is 272 Å². The Morgan fingerprint density at radius 1 is 1.17 bits per heavy atom. The predicted molar refractivity (Wildman–Crippen MR) is 176 cm³/mol. The Morgan fingerprint density at radius 2 is 1.93 bits per heavy atom. The fourth-order valence-electron chi connectivity index (χ4n) is 9.13. The van der Waals surface area contributed by atoms with Gasteiger partial charge in [-0.25, -0.2) is 0 Å². The SMILES string of the molecule is COCC/N=C1/C=C2[C@@](OC(C)C)(CCC3(C)[C@@]4(C)c5[nH]c6ccccc6c5CC4C[C@H](OCC(=O)NCCOC)[C@@]23O)OC1C. The second kappa shape index (κ2) is 12.5. The van der Waals surface area contributed by atoms with Crippen LogP contribution >= 0.6 is 0 Å². The topological polar surface area (TPSA) is 124 Å². The van der Waals surface area contributed by atoms with E-state index >= 15 is 0 Å². The van der Waals surface area contributed by atoms with E-state index in [9.17, 15) is 9.90 Å². The number of aliphatic hydroxyl groups is 1. The highest BCUT2D eigenvalue weighted by Gasteiger charge is 2.76. The molecule has 1 aromatic heterocycles. The number of fused-ring (bicyclic) bond motifs is 9. The summed E-state index contributed by atoms with van der Waals surface area (Å²) in [5.41, 5.74) is 2.26. The van der Waals surface area contributed by atoms with E-state index in [-0.39, 0.29) is 30.6 Å². The van der Waals surface area contributed by atoms with E-state index in [1.807, 2.05) is 26.8 Å². The average Bonchev–Trinajstić information content (AvgIpc) is 3.52. The van der Waals surface area contributed by atoms with Crippen LogP contribution < -0.4 is 5.32 Å². The molecule has 0 spiro atoms. The zero-order valence-electron chi connectivity index (χ0n) is 28.4. The van der Waals surface area contributed by atoms with Crippen molar-refractivity contribution >= 4 is 22.5 Å². The number of methoxy groups -OCH3 is 2. The molecule has 6 rings (SSSR count). The predicted octanol–water partition coefficient (Wildman–Crippen LogP) is 4.23. The molecule has 10 nitrogen and oxygen atoms in total. The molecular weight excluding hydrogens is 586 g/mol. The number of hydrogen-bond donors (Lipinski definition) is 3. The molecule has 2 heterocycles. The third-order valence-corrected chi connectivity index (χ3v) is 11.5. The zero-order chi connectivity index (χ0) is 32.9. The van der Waals surface area contributed by atoms with E-state index in [0.717, 1.165) is 17.6 Å². The summed E-state index contributed by atoms with van der Waals surface area (Å²) < 4.78 is 30.5. The summed E-state index contributed by atoms with van der Waals surface area (Å²) in [6.07, 6.45) is 3.40. The number of nitrogens with zero attached hydrogens (tertiary/aromatic N) is 1. The van der Waals surface area contributed by atoms with Crippen molar-refractivity contribution in [3.8, 4) is 0 Å². The smallest absolute Gasteiger partial charge is 0.246 e. The van der Waals surface area contributed by atoms with Gasteiger partial charge in [0.15, 0.2) is 5.79 Å². The lowest BCUT2D eigenvalue weighted by molar-refractivity contribution is -0.311. The number of aromatic nitrogens is 1. The van der Waals surface area contributed by atoms with Crippen LogP contribution in [0.25, 0.3) is 10.9 Å². The lowest BCUT2D eigenvalue weighted by Crippen LogP contribution is -2.75. The number of H-pyrrole nitrogens is 1. The standard InChI is InChI=1S/C36H51N3O7/c1-22(2)45-35-13-12-33(4)34(5)24(18-26-25-10-8-9-11-27(25)39-32(26)34)19-30(44-21-31(40)38-15-17-43-7)36(33,41)29(35)20-28(23(3)46-35)37-14-16-42-6/h8-11,20,22-24,30,39,41H,12-19,21H2,1-7H3,(H,38,40)/b37-28-/t23?,24?,30-,33?,34+,35+,36-/m0/s1. The molecule has 1 aliphatic heterocycles. The van der Waals surface area contributed by atoms with Crippen molar-refractivity contribution in [1.29, 1.82) is 0 Å². The van der Waals surface area contributed by atoms with Gasteiger partial charge in [0.2, 0.25) is 5.91 Å². The first-order chi connectivity index (χ1) is 21.9. The highest BCUT2D eigenvalue weighted by molar-refractivity contribution is 6.00. The number of ether oxygens (including phenoxy) is 5. The minimum absolute atomic E-state index is 0.166. The van der Waals surface area contributed by atoms with Crippen LogP contribution in [0.15, 0.2) is 40.9 Å². The number of carbonyl (C=O) groups is 1. The van der Waals surface area contributed by atoms with Gasteiger partial charge in [-0.3, -0.25) is 9.79 Å². The van der Waals surface area contributed by atoms with Gasteiger partial charge >= 0.3 is 0 Å². The van der Waals surface area contributed by atoms with Crippen LogP contribution in [-0.2, 0) is 40.3 Å². The highest BCUT2D eigenvalue weighted by Crippen LogP contribution is 2.71. The summed E-state index contributed by atoms with van der Waals surface area (Å²) >= 11 is 0. The van der Waals surface area contributed by atoms with Crippen LogP contribution in [0.2, 0.25) is 0 Å². The Hall–Kier alpha value is -2.60. The summed E-state index contributed by atoms with van der Waals surface area (Å²) in [7, 11) is 3.25. The molecule has 3 unspecified atom stereocenters. The Balaban J connectivity index is 1.51. The molecule has 10 heteroatoms. The van der Waals surface area contributed by atoms with Crippen molar-refractivity contribution in [2.24, 2.45) is 16.3 Å². The maximum atomic E-state index is 13.7. The molecule has 4 aliphatic rings. The molecule has 2 saturated carbocycles. The second-order valence-corrected chi connectivity index (χ2v) is 14.1. The van der Waals surface area contributed by atoms with Gasteiger partial charge in [-0.05, 0) is 63.7 Å². The number of carbonyl (C=O) groups excluding carboxylic acids is 1. The van der Waals surface area contributed by atoms with Gasteiger partial charge in [0.1, 0.15) is 12.2 Å². The minimum Gasteiger partial charge on any atom is -0.383 e. The van der Waals surface area contributed by atoms with Crippen LogP contribution in [-0.4, -0.2) is 98.5 Å². The number of amides is 1. The molecule has 1 amide bonds. The number of benzene rings is 1. The van der Waals surface area contributed by atoms with Crippen LogP contribution in [0.3, 0.4) is 0 Å². The molecule has 1 aromatic carbocycles. The molecule has 3 aliphatic carbocycles. The van der Waals surface area contributed by atoms with Gasteiger partial charge in [-0.1, -0.05) is 32.0 Å². The first-order valence-electron chi connectivity index (χ1n) is 16.8. The quantitative estimate of drug-likeness (QED) is 0.315. The fraction of sp³-hybridized carbons (Fsp3) is 0.667. The first kappa shape index (κ1) is 33.3. The number of nitrogens with one attached hydrogen (secondary N) is 2. The van der Waals surface area contributed by atoms with Crippen molar-refractivity contribution in [3.05, 3.63) is 47.2 Å². The number of rotatable bonds is 11. The highest BCUT2D eigenvalue weighted by atomic mass is 16.7. The lowest BCUT2D eigenvalue weighted by atomic mass is 9.41. The number of hydrogen-bond acceptors (Lipinski definition) is 8. The summed E-state index contributed by atoms with van der Waals surface area (Å²) in [5, 5.41) is 17.8. The van der Waals surface area contributed by atoms with Crippen LogP contribution in [0.4, 0.5) is 0 Å². The number of aliphatic imine (C=N–C) groups is 1. The average molecular weight is 638 g/mol. The molecule has 3 N–H and O–H groups in total. The van der Waals surface area contributed by atoms with E-state index in [1.165, 1.54) is 16.6 Å². The van der Waals surface area contributed by atoms with Crippen molar-refractivity contribution in [1.82, 2.24) is 10.3 Å². The van der Waals surface area contributed by atoms with Crippen molar-refractivity contribution < 1.29 is 33.6 Å². The Morgan fingerprint density at radius 3 is 2.67 bits per heavy atom. The van der Waals surface area contributed by atoms with E-state index < -0.39 is 28.3 Å². The molecule has 252 valence electrons. The maximum Gasteiger partial charge on any atom is 0.246 e. The Kier molecular flexibility index (Phi) is 9.01. The van der Waals surface area contributed by atoms with Crippen LogP contribution in [0.1, 0.15) is 65.1 Å². The summed E-state index contributed by atoms with van der Waals surface area (Å²) in [6, 6.07) is 8.45. The maximum absolute atomic E-state index is 13.7. The normalized spacial score (nSPS) is 35.9. The summed E-state index contributed by atoms with van der Waals surface area (Å²) in [6.45, 7) is 12.0. The largest absolute Gasteiger partial charge is 0.383 e. The molecule has 0 saturated heterocycles. The van der Waals surface area contributed by atoms with E-state index in [1.54, 1.807) is 14.2 Å². The van der Waals surface area contributed by atoms with E-state index in [0.29, 0.717) is 51.1 Å². The van der Waals surface area contributed by atoms with Gasteiger partial charge in [-0.2, -0.15) is 0 Å². The van der Waals surface area contributed by atoms with Crippen molar-refractivity contribution in [2.45, 2.75) is 95.4 Å². The molecule has 2 fully saturated rings. The monoisotopic (exact) mass is 637 g/mol. The molecule has 0 radical (unpaired) electrons. The number of aromatic amines is 1. The van der Waals surface area contributed by atoms with Gasteiger partial charge in [0.25, 0.3) is 0 Å². The number of para-hydroxylation sites is 1. The minimum atomic E-state index is -1.56. The van der Waals surface area contributed by atoms with Crippen molar-refractivity contribution in [3.63, 3.8) is 0 Å². The molecule has 46 heavy (non-hydrogen) atoms. The first-order valence-corrected chi connectivity index (χ1v) is 16.8. The van der Waals surface area contributed by atoms with Gasteiger partial charge < -0.3 is 39.1 Å². The van der Waals surface area contributed by atoms with Crippen LogP contribution in [0, 0.1) is 11.3 Å². The summed E-state index contributed by atoms with van der Waals surface area (Å²) in [4.78, 5) is 21.6. The second-order valence-electron chi connectivity index (χ2n) is 14.1. The third-order valence-electron chi connectivity index (χ3n) is 11.5. The lowest BCUT2D eigenvalue weighted by Gasteiger charge is -2.68. The van der Waals surface area contributed by atoms with Crippen LogP contribution in [0.5, 0.6) is 0 Å².